The van der Waals surface area contributed by atoms with Crippen LogP contribution >= 0.6 is 11.6 Å². The molecule has 0 aliphatic rings. The lowest BCUT2D eigenvalue weighted by atomic mass is 10.2. The average molecular weight is 471 g/mol. The summed E-state index contributed by atoms with van der Waals surface area (Å²) in [7, 11) is 0. The maximum absolute atomic E-state index is 14.0. The number of aromatic nitrogens is 4. The van der Waals surface area contributed by atoms with Gasteiger partial charge in [-0.2, -0.15) is 10.2 Å². The third-order valence-electron chi connectivity index (χ3n) is 4.56. The van der Waals surface area contributed by atoms with Crippen molar-refractivity contribution in [3.05, 3.63) is 99.3 Å². The number of benzene rings is 2. The lowest BCUT2D eigenvalue weighted by Crippen LogP contribution is -2.14. The Kier molecular flexibility index (Phi) is 6.31. The lowest BCUT2D eigenvalue weighted by Gasteiger charge is -2.06. The van der Waals surface area contributed by atoms with Crippen LogP contribution in [0.2, 0.25) is 5.02 Å². The molecule has 2 aromatic heterocycles. The van der Waals surface area contributed by atoms with Crippen LogP contribution in [0.4, 0.5) is 15.8 Å². The van der Waals surface area contributed by atoms with Gasteiger partial charge < -0.3 is 10.1 Å². The SMILES string of the molecule is O=C(Nc1cnn(Cc2c(F)cccc2Cl)c1)c1ccn(COc2ccccc2[N+](=O)[O-])n1. The van der Waals surface area contributed by atoms with Crippen LogP contribution in [0.1, 0.15) is 16.1 Å². The van der Waals surface area contributed by atoms with Gasteiger partial charge in [-0.1, -0.05) is 29.8 Å². The molecule has 0 spiro atoms. The van der Waals surface area contributed by atoms with Crippen molar-refractivity contribution in [2.45, 2.75) is 13.3 Å². The number of nitrogens with zero attached hydrogens (tertiary/aromatic N) is 5. The van der Waals surface area contributed by atoms with Gasteiger partial charge in [-0.25, -0.2) is 9.07 Å². The highest BCUT2D eigenvalue weighted by molar-refractivity contribution is 6.31. The number of ether oxygens (including phenoxy) is 1. The molecule has 2 heterocycles. The quantitative estimate of drug-likeness (QED) is 0.306. The summed E-state index contributed by atoms with van der Waals surface area (Å²) < 4.78 is 22.2. The molecule has 0 radical (unpaired) electrons. The summed E-state index contributed by atoms with van der Waals surface area (Å²) in [6.07, 6.45) is 4.46. The first-order valence-electron chi connectivity index (χ1n) is 9.57. The summed E-state index contributed by atoms with van der Waals surface area (Å²) >= 11 is 6.04. The zero-order valence-corrected chi connectivity index (χ0v) is 17.6. The van der Waals surface area contributed by atoms with Crippen molar-refractivity contribution in [1.82, 2.24) is 19.6 Å². The third-order valence-corrected chi connectivity index (χ3v) is 4.91. The second-order valence-electron chi connectivity index (χ2n) is 6.82. The molecule has 0 aliphatic heterocycles. The van der Waals surface area contributed by atoms with Crippen LogP contribution in [-0.2, 0) is 13.3 Å². The van der Waals surface area contributed by atoms with Crippen molar-refractivity contribution < 1.29 is 18.8 Å². The fourth-order valence-electron chi connectivity index (χ4n) is 2.98. The minimum Gasteiger partial charge on any atom is -0.464 e. The van der Waals surface area contributed by atoms with Crippen molar-refractivity contribution in [3.8, 4) is 5.75 Å². The Hall–Kier alpha value is -4.25. The van der Waals surface area contributed by atoms with Gasteiger partial charge in [0, 0.05) is 29.0 Å². The maximum Gasteiger partial charge on any atom is 0.311 e. The molecule has 4 aromatic rings. The molecule has 10 nitrogen and oxygen atoms in total. The van der Waals surface area contributed by atoms with Gasteiger partial charge in [0.25, 0.3) is 5.91 Å². The molecule has 1 amide bonds. The molecule has 0 saturated carbocycles. The number of nitrogens with one attached hydrogen (secondary N) is 1. The lowest BCUT2D eigenvalue weighted by molar-refractivity contribution is -0.386. The zero-order chi connectivity index (χ0) is 23.4. The van der Waals surface area contributed by atoms with Crippen molar-refractivity contribution >= 4 is 28.9 Å². The highest BCUT2D eigenvalue weighted by Gasteiger charge is 2.15. The van der Waals surface area contributed by atoms with Crippen LogP contribution in [0, 0.1) is 15.9 Å². The Bertz CT molecular complexity index is 1300. The number of hydrogen-bond donors (Lipinski definition) is 1. The molecule has 0 unspecified atom stereocenters. The average Bonchev–Trinajstić information content (AvgIpc) is 3.45. The fourth-order valence-corrected chi connectivity index (χ4v) is 3.20. The number of rotatable bonds is 8. The first-order chi connectivity index (χ1) is 15.9. The summed E-state index contributed by atoms with van der Waals surface area (Å²) in [5.74, 6) is -0.855. The number of carbonyl (C=O) groups excluding carboxylic acids is 1. The number of amides is 1. The molecular weight excluding hydrogens is 455 g/mol. The molecule has 33 heavy (non-hydrogen) atoms. The molecule has 12 heteroatoms. The Morgan fingerprint density at radius 1 is 1.18 bits per heavy atom. The van der Waals surface area contributed by atoms with Crippen molar-refractivity contribution in [2.24, 2.45) is 0 Å². The third kappa shape index (κ3) is 5.15. The second kappa shape index (κ2) is 9.49. The van der Waals surface area contributed by atoms with Gasteiger partial charge in [-0.15, -0.1) is 0 Å². The Morgan fingerprint density at radius 2 is 2.00 bits per heavy atom. The molecule has 0 aliphatic carbocycles. The molecule has 1 N–H and O–H groups in total. The predicted molar refractivity (Wildman–Crippen MR) is 117 cm³/mol. The van der Waals surface area contributed by atoms with Crippen LogP contribution in [0.15, 0.2) is 67.1 Å². The summed E-state index contributed by atoms with van der Waals surface area (Å²) in [6, 6.07) is 11.8. The normalized spacial score (nSPS) is 10.7. The van der Waals surface area contributed by atoms with Crippen LogP contribution in [-0.4, -0.2) is 30.4 Å². The minimum absolute atomic E-state index is 0.0892. The molecule has 0 atom stereocenters. The smallest absolute Gasteiger partial charge is 0.311 e. The number of hydrogen-bond acceptors (Lipinski definition) is 6. The summed E-state index contributed by atoms with van der Waals surface area (Å²) in [4.78, 5) is 23.0. The second-order valence-corrected chi connectivity index (χ2v) is 7.23. The van der Waals surface area contributed by atoms with Gasteiger partial charge in [-0.3, -0.25) is 19.6 Å². The van der Waals surface area contributed by atoms with Gasteiger partial charge in [0.2, 0.25) is 0 Å². The first kappa shape index (κ1) is 22.0. The first-order valence-corrected chi connectivity index (χ1v) is 9.95. The molecule has 2 aromatic carbocycles. The number of nitro benzene ring substituents is 1. The standard InChI is InChI=1S/C21H16ClFN6O4/c22-16-4-3-5-17(23)15(16)12-28-11-14(10-24-28)25-21(30)18-8-9-27(26-18)13-33-20-7-2-1-6-19(20)29(31)32/h1-11H,12-13H2,(H,25,30). The molecule has 0 saturated heterocycles. The van der Waals surface area contributed by atoms with Crippen LogP contribution < -0.4 is 10.1 Å². The van der Waals surface area contributed by atoms with Gasteiger partial charge in [0.1, 0.15) is 5.82 Å². The zero-order valence-electron chi connectivity index (χ0n) is 16.9. The topological polar surface area (TPSA) is 117 Å². The van der Waals surface area contributed by atoms with E-state index in [1.165, 1.54) is 64.4 Å². The number of carbonyl (C=O) groups is 1. The molecule has 4 rings (SSSR count). The molecule has 0 fully saturated rings. The predicted octanol–water partition coefficient (Wildman–Crippen LogP) is 4.12. The molecule has 168 valence electrons. The van der Waals surface area contributed by atoms with Crippen molar-refractivity contribution in [3.63, 3.8) is 0 Å². The summed E-state index contributed by atoms with van der Waals surface area (Å²) in [5.41, 5.74) is 0.609. The van der Waals surface area contributed by atoms with Crippen molar-refractivity contribution in [1.29, 1.82) is 0 Å². The number of anilines is 1. The van der Waals surface area contributed by atoms with Crippen LogP contribution in [0.25, 0.3) is 0 Å². The number of halogens is 2. The number of para-hydroxylation sites is 2. The van der Waals surface area contributed by atoms with E-state index < -0.39 is 16.6 Å². The Labute approximate surface area is 191 Å². The van der Waals surface area contributed by atoms with E-state index in [-0.39, 0.29) is 41.0 Å². The van der Waals surface area contributed by atoms with E-state index in [1.54, 1.807) is 12.1 Å². The van der Waals surface area contributed by atoms with Crippen LogP contribution in [0.5, 0.6) is 5.75 Å². The summed E-state index contributed by atoms with van der Waals surface area (Å²) in [5, 5.41) is 22.2. The Balaban J connectivity index is 1.37. The largest absolute Gasteiger partial charge is 0.464 e. The van der Waals surface area contributed by atoms with E-state index in [0.717, 1.165) is 0 Å². The van der Waals surface area contributed by atoms with Gasteiger partial charge >= 0.3 is 5.69 Å². The van der Waals surface area contributed by atoms with E-state index in [0.29, 0.717) is 5.69 Å². The van der Waals surface area contributed by atoms with Gasteiger partial charge in [-0.05, 0) is 24.3 Å². The molecule has 0 bridgehead atoms. The van der Waals surface area contributed by atoms with Crippen molar-refractivity contribution in [2.75, 3.05) is 5.32 Å². The van der Waals surface area contributed by atoms with E-state index in [9.17, 15) is 19.3 Å². The number of nitro groups is 1. The monoisotopic (exact) mass is 470 g/mol. The minimum atomic E-state index is -0.544. The molecular formula is C21H16ClFN6O4. The van der Waals surface area contributed by atoms with Crippen LogP contribution in [0.3, 0.4) is 0 Å². The summed E-state index contributed by atoms with van der Waals surface area (Å²) in [6.45, 7) is -0.0293. The van der Waals surface area contributed by atoms with E-state index in [1.807, 2.05) is 0 Å². The van der Waals surface area contributed by atoms with E-state index >= 15 is 0 Å². The highest BCUT2D eigenvalue weighted by atomic mass is 35.5. The van der Waals surface area contributed by atoms with Gasteiger partial charge in [0.15, 0.2) is 18.2 Å². The van der Waals surface area contributed by atoms with E-state index in [2.05, 4.69) is 15.5 Å². The highest BCUT2D eigenvalue weighted by Crippen LogP contribution is 2.26. The van der Waals surface area contributed by atoms with E-state index in [4.69, 9.17) is 16.3 Å². The van der Waals surface area contributed by atoms with Gasteiger partial charge in [0.05, 0.1) is 23.4 Å². The Morgan fingerprint density at radius 3 is 2.79 bits per heavy atom. The fraction of sp³-hybridized carbons (Fsp3) is 0.0952. The maximum atomic E-state index is 14.0.